The lowest BCUT2D eigenvalue weighted by molar-refractivity contribution is -0.143. The topological polar surface area (TPSA) is 95.9 Å². The van der Waals surface area contributed by atoms with Crippen LogP contribution >= 0.6 is 11.8 Å². The zero-order valence-electron chi connectivity index (χ0n) is 19.3. The van der Waals surface area contributed by atoms with Crippen LogP contribution in [0.25, 0.3) is 5.69 Å². The molecule has 1 aromatic heterocycles. The molecule has 9 heteroatoms. The maximum atomic E-state index is 12.9. The lowest BCUT2D eigenvalue weighted by Gasteiger charge is -2.23. The quantitative estimate of drug-likeness (QED) is 0.409. The molecule has 0 bridgehead atoms. The van der Waals surface area contributed by atoms with E-state index < -0.39 is 11.2 Å². The number of aromatic nitrogens is 1. The monoisotopic (exact) mass is 492 g/mol. The molecule has 0 unspecified atom stereocenters. The molecular weight excluding hydrogens is 468 g/mol. The number of aryl methyl sites for hydroxylation is 1. The van der Waals surface area contributed by atoms with E-state index in [0.717, 1.165) is 27.7 Å². The van der Waals surface area contributed by atoms with Gasteiger partial charge in [-0.15, -0.1) is 11.8 Å². The maximum absolute atomic E-state index is 12.9. The summed E-state index contributed by atoms with van der Waals surface area (Å²) in [6.45, 7) is 4.37. The van der Waals surface area contributed by atoms with E-state index in [1.807, 2.05) is 60.9 Å². The van der Waals surface area contributed by atoms with E-state index in [1.54, 1.807) is 6.07 Å². The highest BCUT2D eigenvalue weighted by Crippen LogP contribution is 2.37. The van der Waals surface area contributed by atoms with Gasteiger partial charge in [0, 0.05) is 33.6 Å². The van der Waals surface area contributed by atoms with Gasteiger partial charge in [0.15, 0.2) is 18.1 Å². The summed E-state index contributed by atoms with van der Waals surface area (Å²) < 4.78 is 18.5. The summed E-state index contributed by atoms with van der Waals surface area (Å²) >= 11 is 1.32. The van der Waals surface area contributed by atoms with Gasteiger partial charge in [0.05, 0.1) is 17.4 Å². The minimum absolute atomic E-state index is 0.117. The van der Waals surface area contributed by atoms with Gasteiger partial charge in [-0.3, -0.25) is 14.4 Å². The molecule has 2 aliphatic rings. The first-order valence-electron chi connectivity index (χ1n) is 11.2. The minimum atomic E-state index is -0.604. The normalized spacial score (nSPS) is 16.3. The summed E-state index contributed by atoms with van der Waals surface area (Å²) in [7, 11) is 0. The molecule has 0 spiro atoms. The molecule has 0 fully saturated rings. The van der Waals surface area contributed by atoms with Crippen molar-refractivity contribution in [2.75, 3.05) is 25.1 Å². The van der Waals surface area contributed by atoms with Crippen LogP contribution in [0, 0.1) is 13.8 Å². The summed E-state index contributed by atoms with van der Waals surface area (Å²) in [6.07, 6.45) is -0.117. The molecule has 0 aliphatic carbocycles. The molecule has 0 saturated heterocycles. The van der Waals surface area contributed by atoms with Gasteiger partial charge in [-0.25, -0.2) is 0 Å². The molecule has 2 aromatic carbocycles. The zero-order valence-corrected chi connectivity index (χ0v) is 20.1. The van der Waals surface area contributed by atoms with Crippen molar-refractivity contribution in [2.24, 2.45) is 0 Å². The fraction of sp³-hybridized carbons (Fsp3) is 0.269. The van der Waals surface area contributed by atoms with Crippen molar-refractivity contribution in [1.82, 2.24) is 4.57 Å². The van der Waals surface area contributed by atoms with Crippen LogP contribution in [0.1, 0.15) is 28.2 Å². The third-order valence-electron chi connectivity index (χ3n) is 5.94. The van der Waals surface area contributed by atoms with Crippen LogP contribution in [0.5, 0.6) is 11.5 Å². The number of nitrogens with one attached hydrogen (secondary N) is 1. The first-order chi connectivity index (χ1) is 16.9. The second kappa shape index (κ2) is 9.50. The Labute approximate surface area is 206 Å². The van der Waals surface area contributed by atoms with Gasteiger partial charge in [-0.05, 0) is 44.2 Å². The molecule has 8 nitrogen and oxygen atoms in total. The maximum Gasteiger partial charge on any atom is 0.307 e. The van der Waals surface area contributed by atoms with E-state index in [4.69, 9.17) is 14.2 Å². The van der Waals surface area contributed by atoms with E-state index in [2.05, 4.69) is 5.32 Å². The Hall–Kier alpha value is -3.72. The lowest BCUT2D eigenvalue weighted by Crippen LogP contribution is -2.31. The first-order valence-corrected chi connectivity index (χ1v) is 12.1. The number of thioether (sulfide) groups is 1. The van der Waals surface area contributed by atoms with E-state index in [0.29, 0.717) is 30.3 Å². The molecular formula is C26H24N2O6S. The Balaban J connectivity index is 1.24. The van der Waals surface area contributed by atoms with E-state index in [9.17, 15) is 14.4 Å². The number of fused-ring (bicyclic) bond motifs is 2. The predicted molar refractivity (Wildman–Crippen MR) is 131 cm³/mol. The molecule has 0 saturated carbocycles. The van der Waals surface area contributed by atoms with Crippen LogP contribution in [-0.4, -0.2) is 47.3 Å². The first kappa shape index (κ1) is 23.0. The van der Waals surface area contributed by atoms with Crippen LogP contribution < -0.4 is 14.8 Å². The molecule has 2 aliphatic heterocycles. The fourth-order valence-corrected chi connectivity index (χ4v) is 5.37. The van der Waals surface area contributed by atoms with Crippen LogP contribution in [0.2, 0.25) is 0 Å². The minimum Gasteiger partial charge on any atom is -0.486 e. The second-order valence-electron chi connectivity index (χ2n) is 8.33. The van der Waals surface area contributed by atoms with Gasteiger partial charge in [0.25, 0.3) is 0 Å². The molecule has 35 heavy (non-hydrogen) atoms. The highest BCUT2D eigenvalue weighted by Gasteiger charge is 2.30. The molecule has 0 radical (unpaired) electrons. The Morgan fingerprint density at radius 3 is 2.69 bits per heavy atom. The van der Waals surface area contributed by atoms with Crippen molar-refractivity contribution in [3.63, 3.8) is 0 Å². The average Bonchev–Trinajstić information content (AvgIpc) is 3.16. The van der Waals surface area contributed by atoms with Crippen molar-refractivity contribution in [1.29, 1.82) is 0 Å². The van der Waals surface area contributed by atoms with Gasteiger partial charge in [-0.1, -0.05) is 12.1 Å². The Kier molecular flexibility index (Phi) is 6.25. The summed E-state index contributed by atoms with van der Waals surface area (Å²) in [5.41, 5.74) is 3.65. The third-order valence-corrected chi connectivity index (χ3v) is 7.21. The van der Waals surface area contributed by atoms with Crippen LogP contribution in [-0.2, 0) is 14.3 Å². The van der Waals surface area contributed by atoms with E-state index in [-0.39, 0.29) is 24.7 Å². The number of hydrogen-bond donors (Lipinski definition) is 1. The predicted octanol–water partition coefficient (Wildman–Crippen LogP) is 4.09. The van der Waals surface area contributed by atoms with E-state index in [1.165, 1.54) is 11.8 Å². The Morgan fingerprint density at radius 2 is 1.86 bits per heavy atom. The summed E-state index contributed by atoms with van der Waals surface area (Å²) in [4.78, 5) is 38.6. The second-order valence-corrected chi connectivity index (χ2v) is 9.57. The SMILES string of the molecule is Cc1cc(C(=O)COC(=O)C[C@@H]2Sc3ccccc3NC2=O)c(C)n1-c1ccc2c(c1)OCCO2. The number of esters is 1. The summed E-state index contributed by atoms with van der Waals surface area (Å²) in [5.74, 6) is 0.210. The van der Waals surface area contributed by atoms with E-state index >= 15 is 0 Å². The highest BCUT2D eigenvalue weighted by atomic mass is 32.2. The number of anilines is 1. The number of Topliss-reactive ketones (excluding diaryl/α,β-unsaturated/α-hetero) is 1. The molecule has 1 amide bonds. The number of ketones is 1. The summed E-state index contributed by atoms with van der Waals surface area (Å²) in [5, 5.41) is 2.20. The third kappa shape index (κ3) is 4.64. The average molecular weight is 493 g/mol. The van der Waals surface area contributed by atoms with Crippen molar-refractivity contribution in [3.05, 3.63) is 65.5 Å². The number of para-hydroxylation sites is 1. The van der Waals surface area contributed by atoms with Gasteiger partial charge < -0.3 is 24.1 Å². The van der Waals surface area contributed by atoms with Crippen LogP contribution in [0.4, 0.5) is 5.69 Å². The van der Waals surface area contributed by atoms with Crippen molar-refractivity contribution < 1.29 is 28.6 Å². The zero-order chi connectivity index (χ0) is 24.5. The van der Waals surface area contributed by atoms with Crippen molar-refractivity contribution in [2.45, 2.75) is 30.4 Å². The molecule has 1 atom stereocenters. The molecule has 3 heterocycles. The van der Waals surface area contributed by atoms with Crippen LogP contribution in [0.15, 0.2) is 53.4 Å². The number of hydrogen-bond acceptors (Lipinski definition) is 7. The summed E-state index contributed by atoms with van der Waals surface area (Å²) in [6, 6.07) is 14.8. The number of nitrogens with zero attached hydrogens (tertiary/aromatic N) is 1. The standard InChI is InChI=1S/C26H24N2O6S/c1-15-11-18(16(2)28(15)17-7-8-21-22(12-17)33-10-9-32-21)20(29)14-34-25(30)13-24-26(31)27-19-5-3-4-6-23(19)35-24/h3-8,11-12,24H,9-10,13-14H2,1-2H3,(H,27,31)/t24-/m0/s1. The van der Waals surface area contributed by atoms with Crippen LogP contribution in [0.3, 0.4) is 0 Å². The smallest absolute Gasteiger partial charge is 0.307 e. The lowest BCUT2D eigenvalue weighted by atomic mass is 10.1. The Morgan fingerprint density at radius 1 is 1.09 bits per heavy atom. The molecule has 1 N–H and O–H groups in total. The number of ether oxygens (including phenoxy) is 3. The highest BCUT2D eigenvalue weighted by molar-refractivity contribution is 8.01. The molecule has 5 rings (SSSR count). The van der Waals surface area contributed by atoms with Gasteiger partial charge in [-0.2, -0.15) is 0 Å². The molecule has 3 aromatic rings. The number of rotatable bonds is 6. The molecule has 180 valence electrons. The van der Waals surface area contributed by atoms with Crippen molar-refractivity contribution in [3.8, 4) is 17.2 Å². The largest absolute Gasteiger partial charge is 0.486 e. The van der Waals surface area contributed by atoms with Crippen molar-refractivity contribution >= 4 is 35.1 Å². The van der Waals surface area contributed by atoms with Gasteiger partial charge in [0.2, 0.25) is 11.7 Å². The Bertz CT molecular complexity index is 1330. The number of carbonyl (C=O) groups is 3. The number of amides is 1. The van der Waals surface area contributed by atoms with Gasteiger partial charge >= 0.3 is 5.97 Å². The number of carbonyl (C=O) groups excluding carboxylic acids is 3. The van der Waals surface area contributed by atoms with Gasteiger partial charge in [0.1, 0.15) is 13.2 Å². The fourth-order valence-electron chi connectivity index (χ4n) is 4.27. The number of benzene rings is 2.